The molecule has 10 nitrogen and oxygen atoms in total. The monoisotopic (exact) mass is 518 g/mol. The number of methoxy groups -OCH3 is 3. The van der Waals surface area contributed by atoms with Crippen LogP contribution in [-0.4, -0.2) is 56.3 Å². The fraction of sp³-hybridized carbons (Fsp3) is 0.286. The number of para-hydroxylation sites is 1. The van der Waals surface area contributed by atoms with E-state index >= 15 is 0 Å². The molecule has 1 N–H and O–H groups in total. The molecule has 3 aromatic carbocycles. The van der Waals surface area contributed by atoms with Crippen molar-refractivity contribution in [2.24, 2.45) is 5.10 Å². The first-order valence-corrected chi connectivity index (χ1v) is 12.1. The van der Waals surface area contributed by atoms with Crippen molar-refractivity contribution in [2.75, 3.05) is 34.5 Å². The number of carboxylic acids is 1. The summed E-state index contributed by atoms with van der Waals surface area (Å²) in [7, 11) is 4.44. The summed E-state index contributed by atoms with van der Waals surface area (Å²) in [5, 5.41) is 17.0. The maximum atomic E-state index is 12.5. The molecule has 6 rings (SSSR count). The first-order chi connectivity index (χ1) is 18.5. The molecule has 2 atom stereocenters. The lowest BCUT2D eigenvalue weighted by Crippen LogP contribution is -2.35. The van der Waals surface area contributed by atoms with E-state index in [1.165, 1.54) is 14.2 Å². The Labute approximate surface area is 218 Å². The van der Waals surface area contributed by atoms with Crippen molar-refractivity contribution < 1.29 is 38.3 Å². The Hall–Kier alpha value is -4.60. The molecule has 3 aliphatic heterocycles. The Bertz CT molecular complexity index is 1450. The van der Waals surface area contributed by atoms with Gasteiger partial charge >= 0.3 is 5.97 Å². The minimum Gasteiger partial charge on any atom is -0.493 e. The molecule has 3 aromatic rings. The molecule has 0 amide bonds. The van der Waals surface area contributed by atoms with Crippen LogP contribution in [0.3, 0.4) is 0 Å². The highest BCUT2D eigenvalue weighted by Gasteiger charge is 2.44. The molecule has 0 aliphatic carbocycles. The van der Waals surface area contributed by atoms with Crippen LogP contribution in [0.4, 0.5) is 0 Å². The SMILES string of the molecule is COc1cccc2c1O[C@@H](c1ccc(OC)c(OC)c1C(=O)O)N1N=C(c3ccc4c(c3)OCCO4)C[C@@H]21. The van der Waals surface area contributed by atoms with Crippen molar-refractivity contribution in [2.45, 2.75) is 18.7 Å². The second-order valence-electron chi connectivity index (χ2n) is 8.92. The highest BCUT2D eigenvalue weighted by Crippen LogP contribution is 2.52. The number of aromatic carboxylic acids is 1. The van der Waals surface area contributed by atoms with Gasteiger partial charge in [0.05, 0.1) is 33.1 Å². The van der Waals surface area contributed by atoms with Crippen molar-refractivity contribution in [3.05, 3.63) is 70.8 Å². The standard InChI is InChI=1S/C28H26N2O8/c1-33-21-6-4-5-16-19-14-18(15-7-9-20-23(13-15)37-12-11-36-20)29-30(19)27(38-25(16)21)17-8-10-22(34-2)26(35-3)24(17)28(31)32/h4-10,13,19,27H,11-12,14H2,1-3H3,(H,31,32)/t19-,27-/m0/s1. The Morgan fingerprint density at radius 1 is 0.947 bits per heavy atom. The van der Waals surface area contributed by atoms with Gasteiger partial charge in [0, 0.05) is 23.1 Å². The van der Waals surface area contributed by atoms with Gasteiger partial charge in [-0.15, -0.1) is 0 Å². The number of rotatable bonds is 6. The molecule has 0 radical (unpaired) electrons. The summed E-state index contributed by atoms with van der Waals surface area (Å²) in [4.78, 5) is 12.5. The van der Waals surface area contributed by atoms with E-state index in [9.17, 15) is 9.90 Å². The van der Waals surface area contributed by atoms with Gasteiger partial charge in [-0.05, 0) is 36.4 Å². The Kier molecular flexibility index (Phi) is 5.86. The van der Waals surface area contributed by atoms with Crippen molar-refractivity contribution in [1.82, 2.24) is 5.01 Å². The van der Waals surface area contributed by atoms with Crippen LogP contribution < -0.4 is 28.4 Å². The molecular formula is C28H26N2O8. The number of hydrazone groups is 1. The number of nitrogens with zero attached hydrogens (tertiary/aromatic N) is 2. The number of hydrogen-bond donors (Lipinski definition) is 1. The van der Waals surface area contributed by atoms with E-state index in [2.05, 4.69) is 0 Å². The summed E-state index contributed by atoms with van der Waals surface area (Å²) in [6.45, 7) is 0.996. The second-order valence-corrected chi connectivity index (χ2v) is 8.92. The van der Waals surface area contributed by atoms with E-state index in [0.717, 1.165) is 16.8 Å². The van der Waals surface area contributed by atoms with Gasteiger partial charge in [0.2, 0.25) is 6.23 Å². The molecule has 0 saturated heterocycles. The van der Waals surface area contributed by atoms with Gasteiger partial charge in [-0.2, -0.15) is 5.10 Å². The van der Waals surface area contributed by atoms with Gasteiger partial charge in [-0.3, -0.25) is 0 Å². The average Bonchev–Trinajstić information content (AvgIpc) is 3.41. The Balaban J connectivity index is 1.50. The van der Waals surface area contributed by atoms with Gasteiger partial charge in [0.15, 0.2) is 34.5 Å². The molecule has 0 spiro atoms. The third-order valence-electron chi connectivity index (χ3n) is 6.93. The van der Waals surface area contributed by atoms with Crippen LogP contribution in [-0.2, 0) is 0 Å². The zero-order valence-electron chi connectivity index (χ0n) is 21.1. The molecular weight excluding hydrogens is 492 g/mol. The van der Waals surface area contributed by atoms with Crippen molar-refractivity contribution >= 4 is 11.7 Å². The zero-order valence-corrected chi connectivity index (χ0v) is 21.1. The highest BCUT2D eigenvalue weighted by atomic mass is 16.6. The molecule has 0 bridgehead atoms. The molecule has 38 heavy (non-hydrogen) atoms. The van der Waals surface area contributed by atoms with E-state index in [4.69, 9.17) is 33.5 Å². The van der Waals surface area contributed by atoms with E-state index in [0.29, 0.717) is 53.9 Å². The van der Waals surface area contributed by atoms with Gasteiger partial charge in [0.1, 0.15) is 18.8 Å². The second kappa shape index (κ2) is 9.37. The number of carboxylic acid groups (broad SMARTS) is 1. The normalized spacial score (nSPS) is 19.0. The predicted octanol–water partition coefficient (Wildman–Crippen LogP) is 4.42. The van der Waals surface area contributed by atoms with E-state index in [1.54, 1.807) is 19.2 Å². The summed E-state index contributed by atoms with van der Waals surface area (Å²) < 4.78 is 34.4. The fourth-order valence-corrected chi connectivity index (χ4v) is 5.22. The minimum absolute atomic E-state index is 0.0584. The van der Waals surface area contributed by atoms with Crippen LogP contribution in [0.5, 0.6) is 34.5 Å². The van der Waals surface area contributed by atoms with Gasteiger partial charge in [-0.1, -0.05) is 12.1 Å². The summed E-state index contributed by atoms with van der Waals surface area (Å²) in [5.41, 5.74) is 2.92. The first kappa shape index (κ1) is 23.8. The minimum atomic E-state index is -1.17. The van der Waals surface area contributed by atoms with E-state index in [1.807, 2.05) is 41.4 Å². The Morgan fingerprint density at radius 2 is 1.74 bits per heavy atom. The van der Waals surface area contributed by atoms with Crippen LogP contribution in [0.1, 0.15) is 45.7 Å². The molecule has 10 heteroatoms. The number of fused-ring (bicyclic) bond motifs is 4. The third kappa shape index (κ3) is 3.71. The lowest BCUT2D eigenvalue weighted by molar-refractivity contribution is -0.0217. The van der Waals surface area contributed by atoms with Gasteiger partial charge in [-0.25, -0.2) is 9.80 Å². The summed E-state index contributed by atoms with van der Waals surface area (Å²) >= 11 is 0. The predicted molar refractivity (Wildman–Crippen MR) is 136 cm³/mol. The molecule has 196 valence electrons. The third-order valence-corrected chi connectivity index (χ3v) is 6.93. The number of benzene rings is 3. The van der Waals surface area contributed by atoms with Crippen molar-refractivity contribution in [3.63, 3.8) is 0 Å². The quantitative estimate of drug-likeness (QED) is 0.507. The van der Waals surface area contributed by atoms with Crippen molar-refractivity contribution in [1.29, 1.82) is 0 Å². The van der Waals surface area contributed by atoms with E-state index in [-0.39, 0.29) is 17.4 Å². The molecule has 0 aromatic heterocycles. The topological polar surface area (TPSA) is 108 Å². The van der Waals surface area contributed by atoms with Crippen LogP contribution >= 0.6 is 0 Å². The lowest BCUT2D eigenvalue weighted by Gasteiger charge is -2.39. The van der Waals surface area contributed by atoms with Crippen LogP contribution in [0.2, 0.25) is 0 Å². The van der Waals surface area contributed by atoms with Crippen molar-refractivity contribution in [3.8, 4) is 34.5 Å². The number of hydrogen-bond acceptors (Lipinski definition) is 9. The lowest BCUT2D eigenvalue weighted by atomic mass is 9.94. The summed E-state index contributed by atoms with van der Waals surface area (Å²) in [6.07, 6.45) is -0.306. The Morgan fingerprint density at radius 3 is 2.47 bits per heavy atom. The molecule has 0 saturated carbocycles. The number of ether oxygens (including phenoxy) is 6. The van der Waals surface area contributed by atoms with E-state index < -0.39 is 12.2 Å². The largest absolute Gasteiger partial charge is 0.493 e. The molecule has 0 unspecified atom stereocenters. The highest BCUT2D eigenvalue weighted by molar-refractivity contribution is 6.02. The molecule has 3 aliphatic rings. The summed E-state index contributed by atoms with van der Waals surface area (Å²) in [5.74, 6) is 1.72. The maximum Gasteiger partial charge on any atom is 0.340 e. The van der Waals surface area contributed by atoms with Crippen LogP contribution in [0.15, 0.2) is 53.6 Å². The first-order valence-electron chi connectivity index (χ1n) is 12.1. The average molecular weight is 519 g/mol. The zero-order chi connectivity index (χ0) is 26.4. The molecule has 0 fully saturated rings. The number of carbonyl (C=O) groups is 1. The fourth-order valence-electron chi connectivity index (χ4n) is 5.22. The van der Waals surface area contributed by atoms with Crippen LogP contribution in [0.25, 0.3) is 0 Å². The molecule has 3 heterocycles. The van der Waals surface area contributed by atoms with Gasteiger partial charge < -0.3 is 33.5 Å². The smallest absolute Gasteiger partial charge is 0.340 e. The summed E-state index contributed by atoms with van der Waals surface area (Å²) in [6, 6.07) is 14.6. The van der Waals surface area contributed by atoms with Gasteiger partial charge in [0.25, 0.3) is 0 Å². The van der Waals surface area contributed by atoms with Crippen LogP contribution in [0, 0.1) is 0 Å². The maximum absolute atomic E-state index is 12.5.